The summed E-state index contributed by atoms with van der Waals surface area (Å²) >= 11 is 0. The van der Waals surface area contributed by atoms with Crippen LogP contribution in [0.4, 0.5) is 0 Å². The Kier molecular flexibility index (Phi) is 6.53. The molecule has 0 saturated carbocycles. The zero-order valence-corrected chi connectivity index (χ0v) is 15.2. The Balaban J connectivity index is 1.67. The summed E-state index contributed by atoms with van der Waals surface area (Å²) in [6, 6.07) is 27.0. The fourth-order valence-corrected chi connectivity index (χ4v) is 3.13. The van der Waals surface area contributed by atoms with E-state index >= 15 is 0 Å². The van der Waals surface area contributed by atoms with Crippen LogP contribution < -0.4 is 5.32 Å². The highest BCUT2D eigenvalue weighted by atomic mass is 16.2. The molecule has 0 saturated heterocycles. The van der Waals surface area contributed by atoms with Gasteiger partial charge in [-0.2, -0.15) is 0 Å². The normalized spacial score (nSPS) is 11.6. The monoisotopic (exact) mass is 357 g/mol. The second kappa shape index (κ2) is 9.48. The number of rotatable bonds is 8. The van der Waals surface area contributed by atoms with E-state index in [1.54, 1.807) is 0 Å². The topological polar surface area (TPSA) is 46.2 Å². The summed E-state index contributed by atoms with van der Waals surface area (Å²) in [7, 11) is 0. The minimum Gasteiger partial charge on any atom is -0.342 e. The molecule has 0 heterocycles. The molecule has 1 N–H and O–H groups in total. The van der Waals surface area contributed by atoms with E-state index < -0.39 is 6.04 Å². The Morgan fingerprint density at radius 3 is 2.04 bits per heavy atom. The standard InChI is InChI=1S/C24H23NO2/c26-18-22(17-20-11-5-2-6-12-20)25-24(27)23-14-8-7-13-21(23)16-15-19-9-3-1-4-10-19/h1-14,18,22H,15-17H2,(H,25,27). The number of benzene rings is 3. The quantitative estimate of drug-likeness (QED) is 0.619. The maximum absolute atomic E-state index is 12.8. The second-order valence-corrected chi connectivity index (χ2v) is 6.55. The molecule has 0 aliphatic heterocycles. The summed E-state index contributed by atoms with van der Waals surface area (Å²) in [6.45, 7) is 0. The second-order valence-electron chi connectivity index (χ2n) is 6.55. The molecule has 3 aromatic carbocycles. The Morgan fingerprint density at radius 2 is 1.37 bits per heavy atom. The zero-order chi connectivity index (χ0) is 18.9. The maximum atomic E-state index is 12.8. The number of hydrogen-bond donors (Lipinski definition) is 1. The molecule has 0 radical (unpaired) electrons. The molecule has 1 amide bonds. The van der Waals surface area contributed by atoms with Crippen LogP contribution in [0.2, 0.25) is 0 Å². The summed E-state index contributed by atoms with van der Waals surface area (Å²) in [6.07, 6.45) is 2.93. The van der Waals surface area contributed by atoms with Gasteiger partial charge >= 0.3 is 0 Å². The molecule has 136 valence electrons. The molecular formula is C24H23NO2. The van der Waals surface area contributed by atoms with Crippen LogP contribution >= 0.6 is 0 Å². The lowest BCUT2D eigenvalue weighted by molar-refractivity contribution is -0.109. The van der Waals surface area contributed by atoms with Crippen LogP contribution in [0, 0.1) is 0 Å². The van der Waals surface area contributed by atoms with Gasteiger partial charge < -0.3 is 10.1 Å². The van der Waals surface area contributed by atoms with E-state index in [0.29, 0.717) is 12.0 Å². The highest BCUT2D eigenvalue weighted by Crippen LogP contribution is 2.13. The first-order valence-electron chi connectivity index (χ1n) is 9.18. The minimum absolute atomic E-state index is 0.202. The molecular weight excluding hydrogens is 334 g/mol. The highest BCUT2D eigenvalue weighted by molar-refractivity contribution is 5.97. The molecule has 27 heavy (non-hydrogen) atoms. The fraction of sp³-hybridized carbons (Fsp3) is 0.167. The van der Waals surface area contributed by atoms with Crippen molar-refractivity contribution in [3.05, 3.63) is 107 Å². The number of aryl methyl sites for hydroxylation is 2. The summed E-state index contributed by atoms with van der Waals surface area (Å²) in [5, 5.41) is 2.86. The predicted octanol–water partition coefficient (Wildman–Crippen LogP) is 4.01. The van der Waals surface area contributed by atoms with Crippen molar-refractivity contribution in [3.63, 3.8) is 0 Å². The van der Waals surface area contributed by atoms with Gasteiger partial charge in [-0.05, 0) is 42.0 Å². The van der Waals surface area contributed by atoms with Crippen molar-refractivity contribution in [3.8, 4) is 0 Å². The van der Waals surface area contributed by atoms with Crippen LogP contribution in [0.25, 0.3) is 0 Å². The van der Waals surface area contributed by atoms with Gasteiger partial charge in [-0.1, -0.05) is 78.9 Å². The third-order valence-electron chi connectivity index (χ3n) is 4.57. The van der Waals surface area contributed by atoms with E-state index in [4.69, 9.17) is 0 Å². The first-order chi connectivity index (χ1) is 13.3. The summed E-state index contributed by atoms with van der Waals surface area (Å²) in [5.41, 5.74) is 3.88. The Bertz CT molecular complexity index is 875. The lowest BCUT2D eigenvalue weighted by Gasteiger charge is -2.15. The van der Waals surface area contributed by atoms with Gasteiger partial charge in [0.1, 0.15) is 6.29 Å². The number of hydrogen-bond acceptors (Lipinski definition) is 2. The van der Waals surface area contributed by atoms with Crippen molar-refractivity contribution in [2.24, 2.45) is 0 Å². The molecule has 3 heteroatoms. The predicted molar refractivity (Wildman–Crippen MR) is 108 cm³/mol. The molecule has 1 unspecified atom stereocenters. The van der Waals surface area contributed by atoms with E-state index in [-0.39, 0.29) is 5.91 Å². The van der Waals surface area contributed by atoms with Crippen LogP contribution in [0.3, 0.4) is 0 Å². The van der Waals surface area contributed by atoms with Crippen molar-refractivity contribution in [2.75, 3.05) is 0 Å². The van der Waals surface area contributed by atoms with Gasteiger partial charge in [-0.3, -0.25) is 4.79 Å². The molecule has 0 aromatic heterocycles. The van der Waals surface area contributed by atoms with Crippen molar-refractivity contribution in [2.45, 2.75) is 25.3 Å². The SMILES string of the molecule is O=CC(Cc1ccccc1)NC(=O)c1ccccc1CCc1ccccc1. The van der Waals surface area contributed by atoms with Gasteiger partial charge in [0.2, 0.25) is 0 Å². The van der Waals surface area contributed by atoms with Crippen molar-refractivity contribution >= 4 is 12.2 Å². The van der Waals surface area contributed by atoms with Crippen LogP contribution in [0.5, 0.6) is 0 Å². The average Bonchev–Trinajstić information content (AvgIpc) is 2.73. The lowest BCUT2D eigenvalue weighted by atomic mass is 9.99. The molecule has 0 aliphatic rings. The van der Waals surface area contributed by atoms with Crippen molar-refractivity contribution in [1.29, 1.82) is 0 Å². The Hall–Kier alpha value is -3.20. The number of aldehydes is 1. The molecule has 3 rings (SSSR count). The first kappa shape index (κ1) is 18.6. The number of amides is 1. The smallest absolute Gasteiger partial charge is 0.252 e. The maximum Gasteiger partial charge on any atom is 0.252 e. The highest BCUT2D eigenvalue weighted by Gasteiger charge is 2.16. The zero-order valence-electron chi connectivity index (χ0n) is 15.2. The van der Waals surface area contributed by atoms with E-state index in [1.807, 2.05) is 72.8 Å². The van der Waals surface area contributed by atoms with Gasteiger partial charge in [0.15, 0.2) is 0 Å². The van der Waals surface area contributed by atoms with Gasteiger partial charge in [0, 0.05) is 5.56 Å². The van der Waals surface area contributed by atoms with Crippen LogP contribution in [0.15, 0.2) is 84.9 Å². The lowest BCUT2D eigenvalue weighted by Crippen LogP contribution is -2.38. The van der Waals surface area contributed by atoms with E-state index in [9.17, 15) is 9.59 Å². The Labute approximate surface area is 160 Å². The summed E-state index contributed by atoms with van der Waals surface area (Å²) in [5.74, 6) is -0.202. The van der Waals surface area contributed by atoms with Crippen molar-refractivity contribution in [1.82, 2.24) is 5.32 Å². The summed E-state index contributed by atoms with van der Waals surface area (Å²) in [4.78, 5) is 24.2. The molecule has 0 bridgehead atoms. The van der Waals surface area contributed by atoms with Crippen LogP contribution in [0.1, 0.15) is 27.0 Å². The van der Waals surface area contributed by atoms with Crippen LogP contribution in [-0.4, -0.2) is 18.2 Å². The van der Waals surface area contributed by atoms with Gasteiger partial charge in [-0.25, -0.2) is 0 Å². The van der Waals surface area contributed by atoms with Gasteiger partial charge in [0.05, 0.1) is 6.04 Å². The molecule has 0 fully saturated rings. The van der Waals surface area contributed by atoms with E-state index in [0.717, 1.165) is 30.3 Å². The van der Waals surface area contributed by atoms with E-state index in [2.05, 4.69) is 17.4 Å². The Morgan fingerprint density at radius 1 is 0.778 bits per heavy atom. The summed E-state index contributed by atoms with van der Waals surface area (Å²) < 4.78 is 0. The van der Waals surface area contributed by atoms with E-state index in [1.165, 1.54) is 5.56 Å². The van der Waals surface area contributed by atoms with Gasteiger partial charge in [0.25, 0.3) is 5.91 Å². The third kappa shape index (κ3) is 5.38. The van der Waals surface area contributed by atoms with Crippen molar-refractivity contribution < 1.29 is 9.59 Å². The number of carbonyl (C=O) groups is 2. The molecule has 3 nitrogen and oxygen atoms in total. The molecule has 0 aliphatic carbocycles. The van der Waals surface area contributed by atoms with Gasteiger partial charge in [-0.15, -0.1) is 0 Å². The van der Waals surface area contributed by atoms with Crippen LogP contribution in [-0.2, 0) is 24.1 Å². The molecule has 1 atom stereocenters. The first-order valence-corrected chi connectivity index (χ1v) is 9.18. The average molecular weight is 357 g/mol. The largest absolute Gasteiger partial charge is 0.342 e. The number of nitrogens with one attached hydrogen (secondary N) is 1. The third-order valence-corrected chi connectivity index (χ3v) is 4.57. The molecule has 0 spiro atoms. The minimum atomic E-state index is -0.540. The fourth-order valence-electron chi connectivity index (χ4n) is 3.13. The molecule has 3 aromatic rings. The number of carbonyl (C=O) groups excluding carboxylic acids is 2.